The summed E-state index contributed by atoms with van der Waals surface area (Å²) in [5.41, 5.74) is 1.29. The molecule has 0 unspecified atom stereocenters. The molecule has 0 bridgehead atoms. The fourth-order valence-corrected chi connectivity index (χ4v) is 8.37. The normalized spacial score (nSPS) is 11.4. The van der Waals surface area contributed by atoms with Gasteiger partial charge in [-0.15, -0.1) is 10.9 Å². The minimum absolute atomic E-state index is 0. The zero-order valence-corrected chi connectivity index (χ0v) is 27.1. The zero-order valence-electron chi connectivity index (χ0n) is 24.3. The van der Waals surface area contributed by atoms with Crippen LogP contribution in [0.2, 0.25) is 0 Å². The van der Waals surface area contributed by atoms with Gasteiger partial charge in [-0.2, -0.15) is 6.07 Å². The third-order valence-corrected chi connectivity index (χ3v) is 10.9. The monoisotopic (exact) mass is 643 g/mol. The summed E-state index contributed by atoms with van der Waals surface area (Å²) < 4.78 is 15.1. The Morgan fingerprint density at radius 3 is 1.40 bits per heavy atom. The maximum Gasteiger partial charge on any atom is 0.383 e. The molecular formula is C37H35FeNO2P2-6. The number of hydrogen-bond donors (Lipinski definition) is 0. The number of rotatable bonds is 10. The number of para-hydroxylation sites is 2. The Morgan fingerprint density at radius 2 is 0.977 bits per heavy atom. The van der Waals surface area contributed by atoms with Crippen molar-refractivity contribution in [2.45, 2.75) is 13.0 Å². The molecule has 0 aliphatic carbocycles. The second-order valence-electron chi connectivity index (χ2n) is 9.63. The summed E-state index contributed by atoms with van der Waals surface area (Å²) in [6.45, 7) is 2.24. The van der Waals surface area contributed by atoms with Gasteiger partial charge in [0.05, 0.1) is 0 Å². The molecule has 0 N–H and O–H groups in total. The van der Waals surface area contributed by atoms with Gasteiger partial charge < -0.3 is 39.4 Å². The third-order valence-electron chi connectivity index (χ3n) is 6.77. The predicted octanol–water partition coefficient (Wildman–Crippen LogP) is 8.94. The van der Waals surface area contributed by atoms with Gasteiger partial charge in [0.15, 0.2) is 0 Å². The second-order valence-corrected chi connectivity index (χ2v) is 13.3. The van der Waals surface area contributed by atoms with Crippen LogP contribution in [-0.2, 0) is 17.1 Å². The average molecular weight is 643 g/mol. The van der Waals surface area contributed by atoms with E-state index in [4.69, 9.17) is 9.05 Å². The Labute approximate surface area is 269 Å². The van der Waals surface area contributed by atoms with Crippen LogP contribution in [0.3, 0.4) is 0 Å². The van der Waals surface area contributed by atoms with E-state index in [0.717, 1.165) is 11.5 Å². The number of benzene rings is 4. The van der Waals surface area contributed by atoms with Gasteiger partial charge >= 0.3 is 8.53 Å². The van der Waals surface area contributed by atoms with Crippen LogP contribution in [0.4, 0.5) is 0 Å². The molecule has 0 heterocycles. The van der Waals surface area contributed by atoms with Gasteiger partial charge in [0.2, 0.25) is 0 Å². The summed E-state index contributed by atoms with van der Waals surface area (Å²) in [7, 11) is -0.0321. The van der Waals surface area contributed by atoms with Gasteiger partial charge in [0.1, 0.15) is 11.5 Å². The van der Waals surface area contributed by atoms with E-state index in [9.17, 15) is 0 Å². The van der Waals surface area contributed by atoms with Gasteiger partial charge in [-0.3, -0.25) is 0 Å². The third kappa shape index (κ3) is 9.01. The first-order valence-electron chi connectivity index (χ1n) is 14.0. The summed E-state index contributed by atoms with van der Waals surface area (Å²) in [5, 5.41) is 4.05. The van der Waals surface area contributed by atoms with Crippen LogP contribution < -0.4 is 25.0 Å². The van der Waals surface area contributed by atoms with E-state index in [2.05, 4.69) is 97.5 Å². The molecule has 0 saturated heterocycles. The summed E-state index contributed by atoms with van der Waals surface area (Å²) in [6.07, 6.45) is 0. The van der Waals surface area contributed by atoms with Gasteiger partial charge in [-0.1, -0.05) is 104 Å². The summed E-state index contributed by atoms with van der Waals surface area (Å²) >= 11 is 0. The van der Waals surface area contributed by atoms with Crippen molar-refractivity contribution in [3.05, 3.63) is 175 Å². The molecule has 224 valence electrons. The van der Waals surface area contributed by atoms with E-state index >= 15 is 0 Å². The second kappa shape index (κ2) is 17.0. The molecule has 0 fully saturated rings. The van der Waals surface area contributed by atoms with Crippen molar-refractivity contribution in [1.29, 1.82) is 0 Å². The quantitative estimate of drug-likeness (QED) is 0.0846. The van der Waals surface area contributed by atoms with Gasteiger partial charge in [-0.05, 0) is 55.9 Å². The fraction of sp³-hybridized carbons (Fsp3) is 0.0811. The molecular weight excluding hydrogens is 608 g/mol. The summed E-state index contributed by atoms with van der Waals surface area (Å²) in [5.74, 6) is 1.59. The van der Waals surface area contributed by atoms with E-state index in [1.165, 1.54) is 21.5 Å². The van der Waals surface area contributed by atoms with Crippen LogP contribution in [0, 0.1) is 0 Å². The van der Waals surface area contributed by atoms with Crippen molar-refractivity contribution in [1.82, 2.24) is 4.67 Å². The van der Waals surface area contributed by atoms with E-state index in [-0.39, 0.29) is 23.1 Å². The van der Waals surface area contributed by atoms with E-state index in [1.807, 2.05) is 91.0 Å². The molecule has 6 aromatic carbocycles. The van der Waals surface area contributed by atoms with E-state index < -0.39 is 16.4 Å². The standard InChI is InChI=1S/C32H30NO2P2.C5H5.Fe/c1-26(33(2)37(34-27-16-7-3-8-17-27)35-28-18-9-4-10-19-28)31-24-15-25-32(31)36(29-20-11-5-12-21-29)30-22-13-6-14-23-30;1-2-4-5-3-1;/h3-26H,1-2H3;1-5H;/q-1;-5;/t26-;;/m1../s1. The van der Waals surface area contributed by atoms with Crippen molar-refractivity contribution >= 4 is 32.4 Å². The van der Waals surface area contributed by atoms with Crippen LogP contribution in [0.1, 0.15) is 18.5 Å². The SMILES string of the molecule is C[C@H]([c-]1cccc1P(c1ccccc1)c1ccccc1)N(C)P(Oc1ccccc1)Oc1ccccc1.[Fe].[cH-]1[cH-][cH-][cH-][cH-]1. The zero-order chi connectivity index (χ0) is 29.0. The molecule has 3 nitrogen and oxygen atoms in total. The Bertz CT molecular complexity index is 1460. The minimum Gasteiger partial charge on any atom is -0.748 e. The first kappa shape index (κ1) is 32.4. The molecule has 43 heavy (non-hydrogen) atoms. The molecule has 6 heteroatoms. The molecule has 0 aliphatic rings. The number of hydrogen-bond acceptors (Lipinski definition) is 3. The van der Waals surface area contributed by atoms with Crippen molar-refractivity contribution in [3.63, 3.8) is 0 Å². The Balaban J connectivity index is 0.000000641. The molecule has 0 amide bonds. The number of nitrogens with zero attached hydrogens (tertiary/aromatic N) is 1. The van der Waals surface area contributed by atoms with Crippen LogP contribution in [0.15, 0.2) is 170 Å². The van der Waals surface area contributed by atoms with Gasteiger partial charge in [0.25, 0.3) is 0 Å². The molecule has 0 aromatic heterocycles. The first-order valence-corrected chi connectivity index (χ1v) is 16.5. The average Bonchev–Trinajstić information content (AvgIpc) is 3.79. The van der Waals surface area contributed by atoms with E-state index in [1.54, 1.807) is 0 Å². The maximum absolute atomic E-state index is 6.44. The Kier molecular flexibility index (Phi) is 12.8. The summed E-state index contributed by atoms with van der Waals surface area (Å²) in [6, 6.07) is 58.2. The molecule has 0 spiro atoms. The molecule has 0 saturated carbocycles. The van der Waals surface area contributed by atoms with Crippen molar-refractivity contribution in [3.8, 4) is 11.5 Å². The smallest absolute Gasteiger partial charge is 0.383 e. The molecule has 0 aliphatic heterocycles. The van der Waals surface area contributed by atoms with Gasteiger partial charge in [-0.25, -0.2) is 16.8 Å². The molecule has 1 atom stereocenters. The first-order chi connectivity index (χ1) is 20.7. The minimum atomic E-state index is -1.42. The van der Waals surface area contributed by atoms with Crippen LogP contribution in [0.5, 0.6) is 11.5 Å². The van der Waals surface area contributed by atoms with Crippen LogP contribution in [0.25, 0.3) is 0 Å². The maximum atomic E-state index is 6.44. The Morgan fingerprint density at radius 1 is 0.581 bits per heavy atom. The van der Waals surface area contributed by atoms with Crippen molar-refractivity contribution in [2.24, 2.45) is 0 Å². The molecule has 6 aromatic rings. The topological polar surface area (TPSA) is 21.7 Å². The van der Waals surface area contributed by atoms with Gasteiger partial charge in [0, 0.05) is 17.1 Å². The summed E-state index contributed by atoms with van der Waals surface area (Å²) in [4.78, 5) is 0. The van der Waals surface area contributed by atoms with Crippen LogP contribution >= 0.6 is 16.4 Å². The Hall–Kier alpha value is -3.48. The largest absolute Gasteiger partial charge is 0.748 e. The van der Waals surface area contributed by atoms with Crippen LogP contribution in [-0.4, -0.2) is 11.7 Å². The molecule has 0 radical (unpaired) electrons. The van der Waals surface area contributed by atoms with Crippen molar-refractivity contribution in [2.75, 3.05) is 7.05 Å². The fourth-order valence-electron chi connectivity index (χ4n) is 4.52. The van der Waals surface area contributed by atoms with Crippen molar-refractivity contribution < 1.29 is 26.1 Å². The molecule has 6 rings (SSSR count). The predicted molar refractivity (Wildman–Crippen MR) is 180 cm³/mol. The van der Waals surface area contributed by atoms with E-state index in [0.29, 0.717) is 0 Å².